The minimum atomic E-state index is -0.653. The van der Waals surface area contributed by atoms with Gasteiger partial charge in [0, 0.05) is 35.4 Å². The highest BCUT2D eigenvalue weighted by Crippen LogP contribution is 2.36. The summed E-state index contributed by atoms with van der Waals surface area (Å²) in [5, 5.41) is 14.0. The number of ether oxygens (including phenoxy) is 2. The second-order valence-corrected chi connectivity index (χ2v) is 15.3. The first-order valence-corrected chi connectivity index (χ1v) is 18.3. The highest BCUT2D eigenvalue weighted by atomic mass is 16.6. The van der Waals surface area contributed by atoms with Crippen LogP contribution >= 0.6 is 0 Å². The predicted octanol–water partition coefficient (Wildman–Crippen LogP) is 9.61. The van der Waals surface area contributed by atoms with Gasteiger partial charge in [0.15, 0.2) is 0 Å². The van der Waals surface area contributed by atoms with E-state index < -0.39 is 29.3 Å². The lowest BCUT2D eigenvalue weighted by molar-refractivity contribution is 0.0512. The number of alkyl carbamates (subject to hydrolysis) is 2. The number of fused-ring (bicyclic) bond motifs is 2. The van der Waals surface area contributed by atoms with Gasteiger partial charge in [0.2, 0.25) is 0 Å². The van der Waals surface area contributed by atoms with Gasteiger partial charge in [-0.3, -0.25) is 9.59 Å². The lowest BCUT2D eigenvalue weighted by atomic mass is 9.92. The molecular formula is C45H45N5O6. The second-order valence-electron chi connectivity index (χ2n) is 15.3. The number of nitrogens with one attached hydrogen (secondary N) is 4. The number of hydrogen-bond acceptors (Lipinski definition) is 7. The van der Waals surface area contributed by atoms with Gasteiger partial charge < -0.3 is 30.7 Å². The van der Waals surface area contributed by atoms with Crippen molar-refractivity contribution in [1.82, 2.24) is 15.6 Å². The lowest BCUT2D eigenvalue weighted by Gasteiger charge is -2.20. The molecule has 0 saturated carbocycles. The topological polar surface area (TPSA) is 148 Å². The number of rotatable bonds is 9. The first-order chi connectivity index (χ1) is 26.6. The third-order valence-corrected chi connectivity index (χ3v) is 8.54. The van der Waals surface area contributed by atoms with Crippen LogP contribution in [0.5, 0.6) is 0 Å². The molecule has 0 aliphatic rings. The lowest BCUT2D eigenvalue weighted by Crippen LogP contribution is -2.32. The number of para-hydroxylation sites is 3. The zero-order valence-corrected chi connectivity index (χ0v) is 32.3. The van der Waals surface area contributed by atoms with E-state index in [1.807, 2.05) is 91.0 Å². The van der Waals surface area contributed by atoms with Crippen LogP contribution in [0.3, 0.4) is 0 Å². The van der Waals surface area contributed by atoms with Gasteiger partial charge in [-0.15, -0.1) is 0 Å². The molecular weight excluding hydrogens is 707 g/mol. The van der Waals surface area contributed by atoms with Crippen LogP contribution in [0.4, 0.5) is 21.0 Å². The van der Waals surface area contributed by atoms with E-state index >= 15 is 0 Å². The molecule has 5 aromatic carbocycles. The highest BCUT2D eigenvalue weighted by molar-refractivity contribution is 6.13. The molecule has 4 amide bonds. The first kappa shape index (κ1) is 39.0. The molecule has 0 radical (unpaired) electrons. The summed E-state index contributed by atoms with van der Waals surface area (Å²) in [6, 6.07) is 35.1. The Morgan fingerprint density at radius 2 is 1.04 bits per heavy atom. The monoisotopic (exact) mass is 751 g/mol. The van der Waals surface area contributed by atoms with Crippen molar-refractivity contribution >= 4 is 57.1 Å². The fourth-order valence-electron chi connectivity index (χ4n) is 6.12. The summed E-state index contributed by atoms with van der Waals surface area (Å²) in [5.74, 6) is -0.800. The van der Waals surface area contributed by atoms with Crippen molar-refractivity contribution in [3.05, 3.63) is 138 Å². The molecule has 0 aliphatic carbocycles. The Labute approximate surface area is 325 Å². The van der Waals surface area contributed by atoms with Crippen molar-refractivity contribution in [3.8, 4) is 11.1 Å². The minimum absolute atomic E-state index is 0.132. The Bertz CT molecular complexity index is 2280. The van der Waals surface area contributed by atoms with E-state index in [4.69, 9.17) is 14.5 Å². The molecule has 11 heteroatoms. The van der Waals surface area contributed by atoms with Gasteiger partial charge >= 0.3 is 12.2 Å². The molecule has 0 unspecified atom stereocenters. The summed E-state index contributed by atoms with van der Waals surface area (Å²) in [6.07, 6.45) is -1.13. The minimum Gasteiger partial charge on any atom is -0.444 e. The Morgan fingerprint density at radius 1 is 0.554 bits per heavy atom. The summed E-state index contributed by atoms with van der Waals surface area (Å²) in [6.45, 7) is 11.0. The van der Waals surface area contributed by atoms with Crippen molar-refractivity contribution in [2.75, 3.05) is 10.6 Å². The largest absolute Gasteiger partial charge is 0.444 e. The number of anilines is 2. The molecule has 0 atom stereocenters. The number of benzene rings is 5. The molecule has 286 valence electrons. The maximum Gasteiger partial charge on any atom is 0.407 e. The Balaban J connectivity index is 1.32. The number of nitrogens with zero attached hydrogens (tertiary/aromatic N) is 1. The third kappa shape index (κ3) is 9.86. The van der Waals surface area contributed by atoms with Crippen LogP contribution in [0, 0.1) is 0 Å². The molecule has 11 nitrogen and oxygen atoms in total. The van der Waals surface area contributed by atoms with E-state index in [-0.39, 0.29) is 24.7 Å². The van der Waals surface area contributed by atoms with Crippen LogP contribution in [-0.4, -0.2) is 40.2 Å². The van der Waals surface area contributed by atoms with E-state index in [1.165, 1.54) is 0 Å². The fraction of sp³-hybridized carbons (Fsp3) is 0.222. The molecule has 4 N–H and O–H groups in total. The van der Waals surface area contributed by atoms with Crippen LogP contribution in [0.2, 0.25) is 0 Å². The molecule has 0 saturated heterocycles. The molecule has 0 fully saturated rings. The first-order valence-electron chi connectivity index (χ1n) is 18.3. The SMILES string of the molecule is CC(C)(C)OC(=O)NCc1ccccc1NC(=O)c1cc(-c2cc(C(=O)Nc3ccccc3CNC(=O)OC(C)(C)C)nc3ccccc23)c2ccccc2c1. The number of pyridine rings is 1. The summed E-state index contributed by atoms with van der Waals surface area (Å²) >= 11 is 0. The van der Waals surface area contributed by atoms with E-state index in [2.05, 4.69) is 21.3 Å². The molecule has 0 aliphatic heterocycles. The highest BCUT2D eigenvalue weighted by Gasteiger charge is 2.21. The summed E-state index contributed by atoms with van der Waals surface area (Å²) < 4.78 is 10.8. The Kier molecular flexibility index (Phi) is 11.4. The third-order valence-electron chi connectivity index (χ3n) is 8.54. The number of aromatic nitrogens is 1. The maximum atomic E-state index is 14.0. The molecule has 1 heterocycles. The van der Waals surface area contributed by atoms with Crippen LogP contribution in [0.15, 0.2) is 115 Å². The smallest absolute Gasteiger partial charge is 0.407 e. The predicted molar refractivity (Wildman–Crippen MR) is 220 cm³/mol. The summed E-state index contributed by atoms with van der Waals surface area (Å²) in [4.78, 5) is 57.5. The van der Waals surface area contributed by atoms with Crippen LogP contribution < -0.4 is 21.3 Å². The van der Waals surface area contributed by atoms with Gasteiger partial charge in [-0.05, 0) is 111 Å². The van der Waals surface area contributed by atoms with Crippen LogP contribution in [-0.2, 0) is 22.6 Å². The van der Waals surface area contributed by atoms with Crippen molar-refractivity contribution < 1.29 is 28.7 Å². The van der Waals surface area contributed by atoms with Gasteiger partial charge in [-0.25, -0.2) is 14.6 Å². The number of amides is 4. The maximum absolute atomic E-state index is 14.0. The van der Waals surface area contributed by atoms with Crippen LogP contribution in [0.1, 0.15) is 73.5 Å². The molecule has 6 aromatic rings. The average molecular weight is 752 g/mol. The quantitative estimate of drug-likeness (QED) is 0.115. The van der Waals surface area contributed by atoms with Crippen molar-refractivity contribution in [2.45, 2.75) is 65.8 Å². The van der Waals surface area contributed by atoms with E-state index in [0.717, 1.165) is 21.7 Å². The average Bonchev–Trinajstić information content (AvgIpc) is 3.15. The number of carbonyl (C=O) groups excluding carboxylic acids is 4. The molecule has 0 spiro atoms. The van der Waals surface area contributed by atoms with E-state index in [1.54, 1.807) is 65.8 Å². The van der Waals surface area contributed by atoms with Gasteiger partial charge in [0.25, 0.3) is 11.8 Å². The molecule has 0 bridgehead atoms. The van der Waals surface area contributed by atoms with Crippen LogP contribution in [0.25, 0.3) is 32.8 Å². The zero-order chi connectivity index (χ0) is 40.0. The van der Waals surface area contributed by atoms with Gasteiger partial charge in [-0.2, -0.15) is 0 Å². The van der Waals surface area contributed by atoms with Crippen molar-refractivity contribution in [2.24, 2.45) is 0 Å². The molecule has 6 rings (SSSR count). The Morgan fingerprint density at radius 3 is 1.62 bits per heavy atom. The van der Waals surface area contributed by atoms with E-state index in [0.29, 0.717) is 39.1 Å². The van der Waals surface area contributed by atoms with Gasteiger partial charge in [0.1, 0.15) is 16.9 Å². The number of carbonyl (C=O) groups is 4. The summed E-state index contributed by atoms with van der Waals surface area (Å²) in [5.41, 5.74) is 3.74. The molecule has 1 aromatic heterocycles. The normalized spacial score (nSPS) is 11.5. The van der Waals surface area contributed by atoms with Gasteiger partial charge in [-0.1, -0.05) is 78.9 Å². The van der Waals surface area contributed by atoms with Crippen molar-refractivity contribution in [1.29, 1.82) is 0 Å². The van der Waals surface area contributed by atoms with Gasteiger partial charge in [0.05, 0.1) is 5.52 Å². The summed E-state index contributed by atoms with van der Waals surface area (Å²) in [7, 11) is 0. The standard InChI is InChI=1S/C45H45N5O6/c1-44(2,3)55-42(53)46-26-29-16-8-12-20-36(29)49-40(51)31-23-28-15-7-10-18-32(28)34(24-31)35-25-39(48-38-22-14-11-19-33(35)38)41(52)50-37-21-13-9-17-30(37)27-47-43(54)56-45(4,5)6/h7-25H,26-27H2,1-6H3,(H,46,53)(H,47,54)(H,49,51)(H,50,52). The number of hydrogen-bond donors (Lipinski definition) is 4. The second kappa shape index (κ2) is 16.3. The Hall–Kier alpha value is -6.75. The fourth-order valence-corrected chi connectivity index (χ4v) is 6.12. The van der Waals surface area contributed by atoms with E-state index in [9.17, 15) is 19.2 Å². The molecule has 56 heavy (non-hydrogen) atoms. The zero-order valence-electron chi connectivity index (χ0n) is 32.3. The van der Waals surface area contributed by atoms with Crippen molar-refractivity contribution in [3.63, 3.8) is 0 Å².